The van der Waals surface area contributed by atoms with Crippen molar-refractivity contribution in [3.63, 3.8) is 0 Å². The van der Waals surface area contributed by atoms with Crippen LogP contribution in [-0.4, -0.2) is 42.1 Å². The van der Waals surface area contributed by atoms with Crippen molar-refractivity contribution in [3.8, 4) is 28.4 Å². The average Bonchev–Trinajstić information content (AvgIpc) is 3.22. The van der Waals surface area contributed by atoms with Crippen LogP contribution in [-0.2, 0) is 4.74 Å². The standard InChI is InChI=1S/C22H18ClN3O4/c1-28-19-5-4-6-20(29-2)21(19)18-12-16(22(27)30-3)25-26(18)17-9-10-24-15-11-13(23)7-8-14(15)17/h4-12H,1-3H3. The second-order valence-corrected chi connectivity index (χ2v) is 6.78. The van der Waals surface area contributed by atoms with Crippen molar-refractivity contribution < 1.29 is 19.0 Å². The first kappa shape index (κ1) is 19.7. The van der Waals surface area contributed by atoms with Gasteiger partial charge in [0.25, 0.3) is 0 Å². The molecule has 0 aliphatic heterocycles. The second kappa shape index (κ2) is 8.04. The molecule has 30 heavy (non-hydrogen) atoms. The molecule has 0 spiro atoms. The van der Waals surface area contributed by atoms with Crippen molar-refractivity contribution in [2.75, 3.05) is 21.3 Å². The summed E-state index contributed by atoms with van der Waals surface area (Å²) in [6, 6.07) is 14.3. The number of benzene rings is 2. The van der Waals surface area contributed by atoms with Gasteiger partial charge in [-0.3, -0.25) is 4.98 Å². The van der Waals surface area contributed by atoms with Crippen LogP contribution >= 0.6 is 11.6 Å². The number of halogens is 1. The fraction of sp³-hybridized carbons (Fsp3) is 0.136. The summed E-state index contributed by atoms with van der Waals surface area (Å²) in [5, 5.41) is 5.92. The van der Waals surface area contributed by atoms with E-state index >= 15 is 0 Å². The van der Waals surface area contributed by atoms with Gasteiger partial charge >= 0.3 is 5.97 Å². The first-order valence-corrected chi connectivity index (χ1v) is 9.39. The Balaban J connectivity index is 2.06. The van der Waals surface area contributed by atoms with Gasteiger partial charge in [-0.25, -0.2) is 9.48 Å². The van der Waals surface area contributed by atoms with Crippen LogP contribution < -0.4 is 9.47 Å². The van der Waals surface area contributed by atoms with E-state index in [2.05, 4.69) is 10.1 Å². The van der Waals surface area contributed by atoms with Crippen LogP contribution in [0, 0.1) is 0 Å². The monoisotopic (exact) mass is 423 g/mol. The van der Waals surface area contributed by atoms with Crippen molar-refractivity contribution in [3.05, 3.63) is 65.4 Å². The van der Waals surface area contributed by atoms with E-state index in [0.29, 0.717) is 33.3 Å². The second-order valence-electron chi connectivity index (χ2n) is 6.35. The summed E-state index contributed by atoms with van der Waals surface area (Å²) in [6.07, 6.45) is 1.66. The smallest absolute Gasteiger partial charge is 0.358 e. The lowest BCUT2D eigenvalue weighted by Gasteiger charge is -2.15. The van der Waals surface area contributed by atoms with Gasteiger partial charge in [-0.15, -0.1) is 0 Å². The highest BCUT2D eigenvalue weighted by Gasteiger charge is 2.23. The Bertz CT molecular complexity index is 1230. The molecule has 0 fully saturated rings. The summed E-state index contributed by atoms with van der Waals surface area (Å²) < 4.78 is 17.7. The number of hydrogen-bond donors (Lipinski definition) is 0. The topological polar surface area (TPSA) is 75.5 Å². The Morgan fingerprint density at radius 3 is 2.40 bits per heavy atom. The largest absolute Gasteiger partial charge is 0.496 e. The highest BCUT2D eigenvalue weighted by atomic mass is 35.5. The molecule has 4 rings (SSSR count). The molecule has 0 atom stereocenters. The quantitative estimate of drug-likeness (QED) is 0.438. The van der Waals surface area contributed by atoms with Crippen molar-refractivity contribution >= 4 is 28.5 Å². The highest BCUT2D eigenvalue weighted by Crippen LogP contribution is 2.40. The maximum atomic E-state index is 12.3. The summed E-state index contributed by atoms with van der Waals surface area (Å²) in [5.41, 5.74) is 2.83. The van der Waals surface area contributed by atoms with Gasteiger partial charge < -0.3 is 14.2 Å². The fourth-order valence-electron chi connectivity index (χ4n) is 3.34. The van der Waals surface area contributed by atoms with E-state index in [4.69, 9.17) is 25.8 Å². The molecule has 0 amide bonds. The molecule has 0 aliphatic rings. The van der Waals surface area contributed by atoms with Crippen LogP contribution in [0.2, 0.25) is 5.02 Å². The number of ether oxygens (including phenoxy) is 3. The molecule has 152 valence electrons. The third-order valence-electron chi connectivity index (χ3n) is 4.70. The van der Waals surface area contributed by atoms with Gasteiger partial charge in [0.1, 0.15) is 11.5 Å². The average molecular weight is 424 g/mol. The number of carbonyl (C=O) groups is 1. The number of carbonyl (C=O) groups excluding carboxylic acids is 1. The number of methoxy groups -OCH3 is 3. The Hall–Kier alpha value is -3.58. The number of hydrogen-bond acceptors (Lipinski definition) is 6. The molecular weight excluding hydrogens is 406 g/mol. The van der Waals surface area contributed by atoms with Gasteiger partial charge in [0, 0.05) is 16.6 Å². The number of aromatic nitrogens is 3. The molecular formula is C22H18ClN3O4. The summed E-state index contributed by atoms with van der Waals surface area (Å²) in [5.74, 6) is 0.604. The van der Waals surface area contributed by atoms with Gasteiger partial charge in [-0.05, 0) is 42.5 Å². The minimum absolute atomic E-state index is 0.152. The normalized spacial score (nSPS) is 10.8. The molecule has 0 saturated carbocycles. The van der Waals surface area contributed by atoms with Crippen LogP contribution in [0.15, 0.2) is 54.7 Å². The Labute approximate surface area is 177 Å². The van der Waals surface area contributed by atoms with E-state index in [0.717, 1.165) is 11.1 Å². The van der Waals surface area contributed by atoms with Crippen LogP contribution in [0.4, 0.5) is 0 Å². The van der Waals surface area contributed by atoms with Crippen molar-refractivity contribution in [1.29, 1.82) is 0 Å². The van der Waals surface area contributed by atoms with Gasteiger partial charge in [0.05, 0.1) is 43.8 Å². The predicted molar refractivity (Wildman–Crippen MR) is 114 cm³/mol. The van der Waals surface area contributed by atoms with E-state index in [9.17, 15) is 4.79 Å². The lowest BCUT2D eigenvalue weighted by atomic mass is 10.1. The summed E-state index contributed by atoms with van der Waals surface area (Å²) in [4.78, 5) is 16.7. The Morgan fingerprint density at radius 2 is 1.73 bits per heavy atom. The zero-order valence-corrected chi connectivity index (χ0v) is 17.3. The number of fused-ring (bicyclic) bond motifs is 1. The molecule has 7 nitrogen and oxygen atoms in total. The van der Waals surface area contributed by atoms with Gasteiger partial charge in [-0.1, -0.05) is 17.7 Å². The van der Waals surface area contributed by atoms with E-state index in [1.54, 1.807) is 43.3 Å². The first-order valence-electron chi connectivity index (χ1n) is 9.01. The predicted octanol–water partition coefficient (Wildman–Crippen LogP) is 4.54. The van der Waals surface area contributed by atoms with E-state index in [1.165, 1.54) is 7.11 Å². The van der Waals surface area contributed by atoms with Crippen LogP contribution in [0.25, 0.3) is 27.8 Å². The third kappa shape index (κ3) is 3.33. The van der Waals surface area contributed by atoms with Gasteiger partial charge in [0.15, 0.2) is 5.69 Å². The molecule has 0 aliphatic carbocycles. The zero-order valence-electron chi connectivity index (χ0n) is 16.5. The van der Waals surface area contributed by atoms with Crippen molar-refractivity contribution in [1.82, 2.24) is 14.8 Å². The molecule has 2 aromatic carbocycles. The minimum atomic E-state index is -0.551. The first-order chi connectivity index (χ1) is 14.6. The minimum Gasteiger partial charge on any atom is -0.496 e. The molecule has 0 unspecified atom stereocenters. The zero-order chi connectivity index (χ0) is 21.3. The number of nitrogens with zero attached hydrogens (tertiary/aromatic N) is 3. The molecule has 0 N–H and O–H groups in total. The van der Waals surface area contributed by atoms with E-state index in [1.807, 2.05) is 30.3 Å². The lowest BCUT2D eigenvalue weighted by Crippen LogP contribution is -2.05. The van der Waals surface area contributed by atoms with Gasteiger partial charge in [-0.2, -0.15) is 5.10 Å². The van der Waals surface area contributed by atoms with Crippen molar-refractivity contribution in [2.24, 2.45) is 0 Å². The molecule has 4 aromatic rings. The SMILES string of the molecule is COC(=O)c1cc(-c2c(OC)cccc2OC)n(-c2ccnc3cc(Cl)ccc23)n1. The summed E-state index contributed by atoms with van der Waals surface area (Å²) in [7, 11) is 4.46. The number of rotatable bonds is 5. The van der Waals surface area contributed by atoms with Crippen molar-refractivity contribution in [2.45, 2.75) is 0 Å². The summed E-state index contributed by atoms with van der Waals surface area (Å²) in [6.45, 7) is 0. The number of esters is 1. The Kier molecular flexibility index (Phi) is 5.29. The Morgan fingerprint density at radius 1 is 1.00 bits per heavy atom. The number of pyridine rings is 1. The molecule has 2 aromatic heterocycles. The van der Waals surface area contributed by atoms with Crippen LogP contribution in [0.5, 0.6) is 11.5 Å². The molecule has 0 radical (unpaired) electrons. The van der Waals surface area contributed by atoms with Crippen LogP contribution in [0.1, 0.15) is 10.5 Å². The van der Waals surface area contributed by atoms with Gasteiger partial charge in [0.2, 0.25) is 0 Å². The molecule has 0 bridgehead atoms. The van der Waals surface area contributed by atoms with E-state index in [-0.39, 0.29) is 5.69 Å². The lowest BCUT2D eigenvalue weighted by molar-refractivity contribution is 0.0593. The van der Waals surface area contributed by atoms with E-state index < -0.39 is 5.97 Å². The fourth-order valence-corrected chi connectivity index (χ4v) is 3.51. The van der Waals surface area contributed by atoms with Crippen LogP contribution in [0.3, 0.4) is 0 Å². The maximum absolute atomic E-state index is 12.3. The molecule has 8 heteroatoms. The molecule has 2 heterocycles. The summed E-state index contributed by atoms with van der Waals surface area (Å²) >= 11 is 6.13. The highest BCUT2D eigenvalue weighted by molar-refractivity contribution is 6.31. The molecule has 0 saturated heterocycles. The maximum Gasteiger partial charge on any atom is 0.358 e. The third-order valence-corrected chi connectivity index (χ3v) is 4.93.